The van der Waals surface area contributed by atoms with Crippen LogP contribution < -0.4 is 0 Å². The molecule has 0 bridgehead atoms. The van der Waals surface area contributed by atoms with Gasteiger partial charge in [-0.25, -0.2) is 4.98 Å². The highest BCUT2D eigenvalue weighted by molar-refractivity contribution is 7.13. The Kier molecular flexibility index (Phi) is 4.13. The van der Waals surface area contributed by atoms with Crippen molar-refractivity contribution in [2.24, 2.45) is 0 Å². The Bertz CT molecular complexity index is 813. The summed E-state index contributed by atoms with van der Waals surface area (Å²) in [6.07, 6.45) is 6.09. The standard InChI is InChI=1S/C18H18N4OS/c23-17(22-8-4-7-16(22)14-10-19-20-11-14)9-15-12-24-18(21-15)13-5-2-1-3-6-13/h1-3,5-6,10-12,16H,4,7-9H2,(H,19,20)/t16-/m1/s1. The number of nitrogens with one attached hydrogen (secondary N) is 1. The van der Waals surface area contributed by atoms with Gasteiger partial charge in [-0.2, -0.15) is 5.10 Å². The first-order chi connectivity index (χ1) is 11.8. The molecule has 24 heavy (non-hydrogen) atoms. The molecule has 0 unspecified atom stereocenters. The number of aromatic amines is 1. The maximum absolute atomic E-state index is 12.7. The number of carbonyl (C=O) groups excluding carboxylic acids is 1. The van der Waals surface area contributed by atoms with Crippen LogP contribution in [0.25, 0.3) is 10.6 Å². The largest absolute Gasteiger partial charge is 0.335 e. The summed E-state index contributed by atoms with van der Waals surface area (Å²) in [5.74, 6) is 0.142. The fourth-order valence-corrected chi connectivity index (χ4v) is 4.04. The van der Waals surface area contributed by atoms with E-state index >= 15 is 0 Å². The molecule has 3 heterocycles. The third kappa shape index (κ3) is 2.97. The van der Waals surface area contributed by atoms with E-state index in [0.29, 0.717) is 6.42 Å². The average molecular weight is 338 g/mol. The number of H-pyrrole nitrogens is 1. The second-order valence-corrected chi connectivity index (χ2v) is 6.82. The number of rotatable bonds is 4. The van der Waals surface area contributed by atoms with E-state index < -0.39 is 0 Å². The highest BCUT2D eigenvalue weighted by Crippen LogP contribution is 2.32. The van der Waals surface area contributed by atoms with E-state index in [2.05, 4.69) is 15.2 Å². The highest BCUT2D eigenvalue weighted by atomic mass is 32.1. The van der Waals surface area contributed by atoms with E-state index in [1.807, 2.05) is 53.0 Å². The van der Waals surface area contributed by atoms with Crippen LogP contribution in [-0.4, -0.2) is 32.5 Å². The lowest BCUT2D eigenvalue weighted by Gasteiger charge is -2.23. The first-order valence-corrected chi connectivity index (χ1v) is 8.97. The monoisotopic (exact) mass is 338 g/mol. The van der Waals surface area contributed by atoms with Gasteiger partial charge in [0.25, 0.3) is 0 Å². The molecule has 3 aromatic rings. The van der Waals surface area contributed by atoms with Crippen LogP contribution in [0.5, 0.6) is 0 Å². The molecule has 4 rings (SSSR count). The number of hydrogen-bond donors (Lipinski definition) is 1. The number of likely N-dealkylation sites (tertiary alicyclic amines) is 1. The minimum absolute atomic E-state index is 0.142. The van der Waals surface area contributed by atoms with Crippen molar-refractivity contribution in [1.82, 2.24) is 20.1 Å². The molecular weight excluding hydrogens is 320 g/mol. The number of aromatic nitrogens is 3. The summed E-state index contributed by atoms with van der Waals surface area (Å²) in [4.78, 5) is 19.3. The highest BCUT2D eigenvalue weighted by Gasteiger charge is 2.30. The Balaban J connectivity index is 1.47. The number of hydrogen-bond acceptors (Lipinski definition) is 4. The summed E-state index contributed by atoms with van der Waals surface area (Å²) in [6, 6.07) is 10.2. The second-order valence-electron chi connectivity index (χ2n) is 5.96. The van der Waals surface area contributed by atoms with Crippen molar-refractivity contribution in [1.29, 1.82) is 0 Å². The van der Waals surface area contributed by atoms with Crippen LogP contribution in [0.2, 0.25) is 0 Å². The summed E-state index contributed by atoms with van der Waals surface area (Å²) in [5.41, 5.74) is 3.03. The van der Waals surface area contributed by atoms with Crippen molar-refractivity contribution in [3.63, 3.8) is 0 Å². The molecule has 1 aliphatic rings. The van der Waals surface area contributed by atoms with Crippen LogP contribution in [0.4, 0.5) is 0 Å². The first-order valence-electron chi connectivity index (χ1n) is 8.09. The van der Waals surface area contributed by atoms with Crippen LogP contribution in [0.1, 0.15) is 30.1 Å². The Hall–Kier alpha value is -2.47. The lowest BCUT2D eigenvalue weighted by atomic mass is 10.1. The molecule has 2 aromatic heterocycles. The molecule has 6 heteroatoms. The zero-order chi connectivity index (χ0) is 16.4. The molecule has 1 aromatic carbocycles. The smallest absolute Gasteiger partial charge is 0.229 e. The Labute approximate surface area is 144 Å². The number of carbonyl (C=O) groups is 1. The lowest BCUT2D eigenvalue weighted by molar-refractivity contribution is -0.131. The van der Waals surface area contributed by atoms with E-state index in [0.717, 1.165) is 41.2 Å². The van der Waals surface area contributed by atoms with Gasteiger partial charge in [-0.3, -0.25) is 9.89 Å². The molecule has 0 spiro atoms. The van der Waals surface area contributed by atoms with Crippen LogP contribution >= 0.6 is 11.3 Å². The van der Waals surface area contributed by atoms with Crippen LogP contribution in [0, 0.1) is 0 Å². The number of amides is 1. The van der Waals surface area contributed by atoms with Crippen molar-refractivity contribution >= 4 is 17.2 Å². The summed E-state index contributed by atoms with van der Waals surface area (Å²) >= 11 is 1.59. The molecule has 122 valence electrons. The molecule has 0 saturated carbocycles. The van der Waals surface area contributed by atoms with Gasteiger partial charge in [-0.05, 0) is 12.8 Å². The van der Waals surface area contributed by atoms with Crippen molar-refractivity contribution in [2.75, 3.05) is 6.54 Å². The van der Waals surface area contributed by atoms with Gasteiger partial charge in [0, 0.05) is 29.2 Å². The van der Waals surface area contributed by atoms with Gasteiger partial charge >= 0.3 is 0 Å². The molecular formula is C18H18N4OS. The molecule has 1 saturated heterocycles. The summed E-state index contributed by atoms with van der Waals surface area (Å²) in [5, 5.41) is 9.80. The summed E-state index contributed by atoms with van der Waals surface area (Å²) in [6.45, 7) is 0.810. The minimum Gasteiger partial charge on any atom is -0.335 e. The normalized spacial score (nSPS) is 17.3. The van der Waals surface area contributed by atoms with Crippen molar-refractivity contribution in [3.05, 3.63) is 59.4 Å². The van der Waals surface area contributed by atoms with Gasteiger partial charge in [-0.1, -0.05) is 30.3 Å². The van der Waals surface area contributed by atoms with E-state index in [1.165, 1.54) is 0 Å². The van der Waals surface area contributed by atoms with E-state index in [4.69, 9.17) is 0 Å². The summed E-state index contributed by atoms with van der Waals surface area (Å²) in [7, 11) is 0. The zero-order valence-electron chi connectivity index (χ0n) is 13.2. The molecule has 1 fully saturated rings. The summed E-state index contributed by atoms with van der Waals surface area (Å²) < 4.78 is 0. The van der Waals surface area contributed by atoms with Gasteiger partial charge in [-0.15, -0.1) is 11.3 Å². The van der Waals surface area contributed by atoms with Crippen molar-refractivity contribution in [3.8, 4) is 10.6 Å². The molecule has 1 atom stereocenters. The maximum atomic E-state index is 12.7. The maximum Gasteiger partial charge on any atom is 0.229 e. The third-order valence-electron chi connectivity index (χ3n) is 4.38. The molecule has 1 aliphatic heterocycles. The third-order valence-corrected chi connectivity index (χ3v) is 5.32. The first kappa shape index (κ1) is 15.1. The van der Waals surface area contributed by atoms with Crippen molar-refractivity contribution < 1.29 is 4.79 Å². The second kappa shape index (κ2) is 6.57. The molecule has 1 amide bonds. The molecule has 0 radical (unpaired) electrons. The molecule has 1 N–H and O–H groups in total. The van der Waals surface area contributed by atoms with Gasteiger partial charge < -0.3 is 4.90 Å². The predicted octanol–water partition coefficient (Wildman–Crippen LogP) is 3.44. The fraction of sp³-hybridized carbons (Fsp3) is 0.278. The predicted molar refractivity (Wildman–Crippen MR) is 93.5 cm³/mol. The lowest BCUT2D eigenvalue weighted by Crippen LogP contribution is -2.31. The van der Waals surface area contributed by atoms with Gasteiger partial charge in [0.05, 0.1) is 24.4 Å². The minimum atomic E-state index is 0.142. The van der Waals surface area contributed by atoms with Crippen LogP contribution in [-0.2, 0) is 11.2 Å². The van der Waals surface area contributed by atoms with E-state index in [1.54, 1.807) is 11.3 Å². The van der Waals surface area contributed by atoms with Crippen molar-refractivity contribution in [2.45, 2.75) is 25.3 Å². The Morgan fingerprint density at radius 2 is 2.21 bits per heavy atom. The zero-order valence-corrected chi connectivity index (χ0v) is 14.0. The number of benzene rings is 1. The Morgan fingerprint density at radius 3 is 3.00 bits per heavy atom. The quantitative estimate of drug-likeness (QED) is 0.793. The van der Waals surface area contributed by atoms with Crippen LogP contribution in [0.3, 0.4) is 0 Å². The van der Waals surface area contributed by atoms with E-state index in [-0.39, 0.29) is 11.9 Å². The Morgan fingerprint density at radius 1 is 1.33 bits per heavy atom. The topological polar surface area (TPSA) is 61.9 Å². The van der Waals surface area contributed by atoms with Gasteiger partial charge in [0.2, 0.25) is 5.91 Å². The number of nitrogens with zero attached hydrogens (tertiary/aromatic N) is 3. The van der Waals surface area contributed by atoms with Gasteiger partial charge in [0.15, 0.2) is 0 Å². The van der Waals surface area contributed by atoms with Gasteiger partial charge in [0.1, 0.15) is 5.01 Å². The SMILES string of the molecule is O=C(Cc1csc(-c2ccccc2)n1)N1CCC[C@@H]1c1cn[nH]c1. The van der Waals surface area contributed by atoms with Crippen LogP contribution in [0.15, 0.2) is 48.1 Å². The average Bonchev–Trinajstić information content (AvgIpc) is 3.36. The molecule has 0 aliphatic carbocycles. The fourth-order valence-electron chi connectivity index (χ4n) is 3.21. The number of thiazole rings is 1. The molecule has 5 nitrogen and oxygen atoms in total. The van der Waals surface area contributed by atoms with E-state index in [9.17, 15) is 4.79 Å².